The van der Waals surface area contributed by atoms with Gasteiger partial charge in [-0.2, -0.15) is 5.10 Å². The van der Waals surface area contributed by atoms with Gasteiger partial charge in [-0.3, -0.25) is 4.68 Å². The van der Waals surface area contributed by atoms with Gasteiger partial charge in [-0.05, 0) is 0 Å². The number of nitrogens with zero attached hydrogens (tertiary/aromatic N) is 2. The minimum absolute atomic E-state index is 0.240. The van der Waals surface area contributed by atoms with E-state index in [2.05, 4.69) is 5.10 Å². The van der Waals surface area contributed by atoms with E-state index in [0.29, 0.717) is 10.2 Å². The van der Waals surface area contributed by atoms with Crippen molar-refractivity contribution in [3.63, 3.8) is 0 Å². The zero-order chi connectivity index (χ0) is 7.02. The molecule has 0 spiro atoms. The van der Waals surface area contributed by atoms with Gasteiger partial charge in [0, 0.05) is 7.05 Å². The molecule has 0 aliphatic heterocycles. The zero-order valence-corrected chi connectivity index (χ0v) is 6.80. The van der Waals surface area contributed by atoms with E-state index in [1.54, 1.807) is 7.05 Å². The molecular weight excluding hydrogens is 182 g/mol. The Bertz CT molecular complexity index is 207. The fourth-order valence-electron chi connectivity index (χ4n) is 0.447. The van der Waals surface area contributed by atoms with Crippen molar-refractivity contribution >= 4 is 34.8 Å². The van der Waals surface area contributed by atoms with Gasteiger partial charge in [0.05, 0.1) is 0 Å². The molecule has 0 radical (unpaired) electrons. The quantitative estimate of drug-likeness (QED) is 0.607. The Hall–Kier alpha value is 0.0800. The highest BCUT2D eigenvalue weighted by molar-refractivity contribution is 6.47. The molecule has 0 aromatic carbocycles. The molecule has 0 amide bonds. The summed E-state index contributed by atoms with van der Waals surface area (Å²) in [7, 11) is 1.67. The van der Waals surface area contributed by atoms with Gasteiger partial charge in [0.2, 0.25) is 0 Å². The Balaban J connectivity index is 3.29. The molecule has 0 saturated carbocycles. The van der Waals surface area contributed by atoms with Gasteiger partial charge in [0.25, 0.3) is 0 Å². The predicted octanol–water partition coefficient (Wildman–Crippen LogP) is 2.38. The SMILES string of the molecule is Cn1nc(Cl)c(Cl)c1Cl. The van der Waals surface area contributed by atoms with Crippen LogP contribution in [0.15, 0.2) is 0 Å². The van der Waals surface area contributed by atoms with Crippen molar-refractivity contribution in [3.8, 4) is 0 Å². The summed E-state index contributed by atoms with van der Waals surface area (Å²) in [5, 5.41) is 4.64. The molecule has 5 heteroatoms. The maximum absolute atomic E-state index is 5.58. The predicted molar refractivity (Wildman–Crippen MR) is 38.2 cm³/mol. The van der Waals surface area contributed by atoms with Crippen LogP contribution >= 0.6 is 34.8 Å². The van der Waals surface area contributed by atoms with Crippen LogP contribution in [-0.2, 0) is 7.05 Å². The number of aryl methyl sites for hydroxylation is 1. The topological polar surface area (TPSA) is 17.8 Å². The third-order valence-corrected chi connectivity index (χ3v) is 2.13. The maximum atomic E-state index is 5.58. The Kier molecular flexibility index (Phi) is 1.89. The zero-order valence-electron chi connectivity index (χ0n) is 4.53. The lowest BCUT2D eigenvalue weighted by Crippen LogP contribution is -1.87. The first kappa shape index (κ1) is 7.19. The summed E-state index contributed by atoms with van der Waals surface area (Å²) in [5.74, 6) is 0. The highest BCUT2D eigenvalue weighted by Gasteiger charge is 2.08. The van der Waals surface area contributed by atoms with Crippen molar-refractivity contribution in [3.05, 3.63) is 15.3 Å². The molecule has 2 nitrogen and oxygen atoms in total. The maximum Gasteiger partial charge on any atom is 0.171 e. The van der Waals surface area contributed by atoms with Crippen LogP contribution < -0.4 is 0 Å². The van der Waals surface area contributed by atoms with E-state index in [0.717, 1.165) is 0 Å². The fourth-order valence-corrected chi connectivity index (χ4v) is 0.985. The Labute approximate surface area is 67.3 Å². The van der Waals surface area contributed by atoms with Gasteiger partial charge in [0.15, 0.2) is 5.15 Å². The van der Waals surface area contributed by atoms with Gasteiger partial charge in [-0.25, -0.2) is 0 Å². The van der Waals surface area contributed by atoms with Crippen LogP contribution in [0, 0.1) is 0 Å². The summed E-state index contributed by atoms with van der Waals surface area (Å²) in [5.41, 5.74) is 0. The summed E-state index contributed by atoms with van der Waals surface area (Å²) in [6.07, 6.45) is 0. The standard InChI is InChI=1S/C4H3Cl3N2/c1-9-4(7)2(5)3(6)8-9/h1H3. The van der Waals surface area contributed by atoms with Crippen LogP contribution in [0.2, 0.25) is 15.3 Å². The minimum Gasteiger partial charge on any atom is -0.254 e. The second-order valence-electron chi connectivity index (χ2n) is 1.52. The molecule has 0 N–H and O–H groups in total. The average molecular weight is 185 g/mol. The fraction of sp³-hybridized carbons (Fsp3) is 0.250. The monoisotopic (exact) mass is 184 g/mol. The molecule has 1 rings (SSSR count). The molecule has 50 valence electrons. The lowest BCUT2D eigenvalue weighted by molar-refractivity contribution is 0.769. The van der Waals surface area contributed by atoms with E-state index in [9.17, 15) is 0 Å². The van der Waals surface area contributed by atoms with E-state index in [4.69, 9.17) is 34.8 Å². The Morgan fingerprint density at radius 3 is 2.00 bits per heavy atom. The molecule has 0 atom stereocenters. The van der Waals surface area contributed by atoms with E-state index in [1.807, 2.05) is 0 Å². The molecule has 1 heterocycles. The molecule has 0 unspecified atom stereocenters. The molecular formula is C4H3Cl3N2. The third kappa shape index (κ3) is 1.16. The summed E-state index contributed by atoms with van der Waals surface area (Å²) in [4.78, 5) is 0. The number of rotatable bonds is 0. The largest absolute Gasteiger partial charge is 0.254 e. The molecule has 0 fully saturated rings. The first-order valence-corrected chi connectivity index (χ1v) is 3.30. The van der Waals surface area contributed by atoms with Crippen LogP contribution in [0.5, 0.6) is 0 Å². The van der Waals surface area contributed by atoms with Gasteiger partial charge >= 0.3 is 0 Å². The minimum atomic E-state index is 0.240. The van der Waals surface area contributed by atoms with Crippen LogP contribution in [0.1, 0.15) is 0 Å². The highest BCUT2D eigenvalue weighted by Crippen LogP contribution is 2.27. The van der Waals surface area contributed by atoms with Crippen LogP contribution in [0.25, 0.3) is 0 Å². The van der Waals surface area contributed by atoms with Gasteiger partial charge < -0.3 is 0 Å². The van der Waals surface area contributed by atoms with Crippen molar-refractivity contribution in [1.29, 1.82) is 0 Å². The van der Waals surface area contributed by atoms with Gasteiger partial charge in [-0.15, -0.1) is 0 Å². The van der Waals surface area contributed by atoms with E-state index in [-0.39, 0.29) is 5.15 Å². The summed E-state index contributed by atoms with van der Waals surface area (Å²) >= 11 is 16.6. The van der Waals surface area contributed by atoms with Crippen molar-refractivity contribution in [2.75, 3.05) is 0 Å². The number of halogens is 3. The third-order valence-electron chi connectivity index (χ3n) is 0.884. The van der Waals surface area contributed by atoms with Gasteiger partial charge in [0.1, 0.15) is 10.2 Å². The van der Waals surface area contributed by atoms with Crippen molar-refractivity contribution in [2.24, 2.45) is 7.05 Å². The normalized spacial score (nSPS) is 10.2. The number of hydrogen-bond donors (Lipinski definition) is 0. The van der Waals surface area contributed by atoms with E-state index in [1.165, 1.54) is 4.68 Å². The lowest BCUT2D eigenvalue weighted by atomic mass is 10.7. The average Bonchev–Trinajstić information content (AvgIpc) is 1.98. The summed E-state index contributed by atoms with van der Waals surface area (Å²) < 4.78 is 1.41. The summed E-state index contributed by atoms with van der Waals surface area (Å²) in [6, 6.07) is 0. The van der Waals surface area contributed by atoms with Crippen LogP contribution in [-0.4, -0.2) is 9.78 Å². The van der Waals surface area contributed by atoms with E-state index < -0.39 is 0 Å². The van der Waals surface area contributed by atoms with Crippen LogP contribution in [0.4, 0.5) is 0 Å². The first-order valence-electron chi connectivity index (χ1n) is 2.16. The van der Waals surface area contributed by atoms with E-state index >= 15 is 0 Å². The molecule has 0 aliphatic rings. The number of hydrogen-bond acceptors (Lipinski definition) is 1. The molecule has 0 saturated heterocycles. The lowest BCUT2D eigenvalue weighted by Gasteiger charge is -1.86. The smallest absolute Gasteiger partial charge is 0.171 e. The highest BCUT2D eigenvalue weighted by atomic mass is 35.5. The Morgan fingerprint density at radius 2 is 1.89 bits per heavy atom. The van der Waals surface area contributed by atoms with Crippen LogP contribution in [0.3, 0.4) is 0 Å². The van der Waals surface area contributed by atoms with Crippen molar-refractivity contribution < 1.29 is 0 Å². The van der Waals surface area contributed by atoms with Gasteiger partial charge in [-0.1, -0.05) is 34.8 Å². The molecule has 9 heavy (non-hydrogen) atoms. The Morgan fingerprint density at radius 1 is 1.33 bits per heavy atom. The second-order valence-corrected chi connectivity index (χ2v) is 2.61. The molecule has 1 aromatic rings. The number of aromatic nitrogens is 2. The van der Waals surface area contributed by atoms with Crippen molar-refractivity contribution in [1.82, 2.24) is 9.78 Å². The second kappa shape index (κ2) is 2.37. The van der Waals surface area contributed by atoms with Crippen molar-refractivity contribution in [2.45, 2.75) is 0 Å². The first-order chi connectivity index (χ1) is 4.13. The molecule has 0 aliphatic carbocycles. The molecule has 1 aromatic heterocycles. The molecule has 0 bridgehead atoms. The summed E-state index contributed by atoms with van der Waals surface area (Å²) in [6.45, 7) is 0.